The van der Waals surface area contributed by atoms with Gasteiger partial charge in [0.25, 0.3) is 0 Å². The summed E-state index contributed by atoms with van der Waals surface area (Å²) >= 11 is 1.27. The number of anilines is 1. The van der Waals surface area contributed by atoms with Crippen molar-refractivity contribution in [2.24, 2.45) is 5.73 Å². The summed E-state index contributed by atoms with van der Waals surface area (Å²) in [6.07, 6.45) is 0.298. The van der Waals surface area contributed by atoms with Crippen molar-refractivity contribution in [2.45, 2.75) is 45.2 Å². The second-order valence-corrected chi connectivity index (χ2v) is 7.41. The maximum atomic E-state index is 12.2. The quantitative estimate of drug-likeness (QED) is 0.599. The first-order chi connectivity index (χ1) is 11.7. The summed E-state index contributed by atoms with van der Waals surface area (Å²) in [5.41, 5.74) is 8.76. The van der Waals surface area contributed by atoms with Gasteiger partial charge in [0.1, 0.15) is 5.50 Å². The maximum absolute atomic E-state index is 12.2. The van der Waals surface area contributed by atoms with E-state index in [1.165, 1.54) is 11.8 Å². The number of nitrogens with one attached hydrogen (secondary N) is 3. The third-order valence-corrected chi connectivity index (χ3v) is 4.90. The SMILES string of the molecule is Cc1cc(C)c(NC(=O)CSC2NC(=O)CC(CC(N)=O)N2)c(C)c1. The highest BCUT2D eigenvalue weighted by Crippen LogP contribution is 2.22. The van der Waals surface area contributed by atoms with Gasteiger partial charge in [-0.3, -0.25) is 19.7 Å². The molecule has 0 spiro atoms. The van der Waals surface area contributed by atoms with Gasteiger partial charge < -0.3 is 16.4 Å². The van der Waals surface area contributed by atoms with E-state index >= 15 is 0 Å². The molecule has 1 aromatic rings. The van der Waals surface area contributed by atoms with E-state index < -0.39 is 11.4 Å². The summed E-state index contributed by atoms with van der Waals surface area (Å²) in [6.45, 7) is 5.93. The Morgan fingerprint density at radius 1 is 1.28 bits per heavy atom. The predicted octanol–water partition coefficient (Wildman–Crippen LogP) is 0.921. The van der Waals surface area contributed by atoms with Crippen LogP contribution < -0.4 is 21.7 Å². The number of rotatable bonds is 6. The molecule has 0 aliphatic carbocycles. The number of primary amides is 1. The van der Waals surface area contributed by atoms with Crippen LogP contribution in [0.25, 0.3) is 0 Å². The first kappa shape index (κ1) is 19.3. The number of hydrogen-bond acceptors (Lipinski definition) is 5. The zero-order valence-corrected chi connectivity index (χ0v) is 15.5. The number of amides is 3. The maximum Gasteiger partial charge on any atom is 0.234 e. The standard InChI is InChI=1S/C17H24N4O3S/c1-9-4-10(2)16(11(3)5-9)20-15(24)8-25-17-19-12(6-13(18)22)7-14(23)21-17/h4-5,12,17,19H,6-8H2,1-3H3,(H2,18,22)(H,20,24)(H,21,23). The van der Waals surface area contributed by atoms with Gasteiger partial charge in [0.05, 0.1) is 5.75 Å². The molecule has 2 unspecified atom stereocenters. The van der Waals surface area contributed by atoms with Crippen LogP contribution in [-0.4, -0.2) is 35.0 Å². The molecule has 0 aromatic heterocycles. The molecule has 2 rings (SSSR count). The van der Waals surface area contributed by atoms with Gasteiger partial charge in [0.2, 0.25) is 17.7 Å². The molecule has 1 aromatic carbocycles. The van der Waals surface area contributed by atoms with Crippen LogP contribution in [-0.2, 0) is 14.4 Å². The third-order valence-electron chi connectivity index (χ3n) is 3.88. The second kappa shape index (κ2) is 8.35. The molecular weight excluding hydrogens is 340 g/mol. The first-order valence-corrected chi connectivity index (χ1v) is 9.12. The van der Waals surface area contributed by atoms with Crippen molar-refractivity contribution in [3.63, 3.8) is 0 Å². The number of hydrogen-bond donors (Lipinski definition) is 4. The van der Waals surface area contributed by atoms with Crippen LogP contribution in [0.2, 0.25) is 0 Å². The molecule has 1 saturated heterocycles. The smallest absolute Gasteiger partial charge is 0.234 e. The number of carbonyl (C=O) groups excluding carboxylic acids is 3. The first-order valence-electron chi connectivity index (χ1n) is 8.07. The van der Waals surface area contributed by atoms with E-state index in [4.69, 9.17) is 5.73 Å². The summed E-state index contributed by atoms with van der Waals surface area (Å²) in [6, 6.07) is 3.74. The molecule has 25 heavy (non-hydrogen) atoms. The Morgan fingerprint density at radius 2 is 1.92 bits per heavy atom. The van der Waals surface area contributed by atoms with Gasteiger partial charge in [0.15, 0.2) is 0 Å². The summed E-state index contributed by atoms with van der Waals surface area (Å²) in [5.74, 6) is -0.589. The van der Waals surface area contributed by atoms with Crippen LogP contribution in [0.3, 0.4) is 0 Å². The molecule has 1 heterocycles. The molecule has 1 aliphatic heterocycles. The van der Waals surface area contributed by atoms with Gasteiger partial charge >= 0.3 is 0 Å². The largest absolute Gasteiger partial charge is 0.370 e. The Hall–Kier alpha value is -2.06. The third kappa shape index (κ3) is 5.75. The van der Waals surface area contributed by atoms with E-state index in [2.05, 4.69) is 16.0 Å². The number of thioether (sulfide) groups is 1. The van der Waals surface area contributed by atoms with Gasteiger partial charge in [-0.15, -0.1) is 11.8 Å². The highest BCUT2D eigenvalue weighted by atomic mass is 32.2. The fourth-order valence-electron chi connectivity index (χ4n) is 2.92. The topological polar surface area (TPSA) is 113 Å². The van der Waals surface area contributed by atoms with E-state index in [-0.39, 0.29) is 36.5 Å². The highest BCUT2D eigenvalue weighted by molar-refractivity contribution is 8.00. The fourth-order valence-corrected chi connectivity index (χ4v) is 3.81. The number of carbonyl (C=O) groups is 3. The fraction of sp³-hybridized carbons (Fsp3) is 0.471. The number of aryl methyl sites for hydroxylation is 3. The lowest BCUT2D eigenvalue weighted by molar-refractivity contribution is -0.124. The van der Waals surface area contributed by atoms with Gasteiger partial charge in [-0.05, 0) is 31.9 Å². The Kier molecular flexibility index (Phi) is 6.44. The predicted molar refractivity (Wildman–Crippen MR) is 99.0 cm³/mol. The molecule has 5 N–H and O–H groups in total. The Bertz CT molecular complexity index is 667. The van der Waals surface area contributed by atoms with Crippen LogP contribution in [0, 0.1) is 20.8 Å². The van der Waals surface area contributed by atoms with E-state index in [1.54, 1.807) is 0 Å². The summed E-state index contributed by atoms with van der Waals surface area (Å²) in [4.78, 5) is 35.0. The van der Waals surface area contributed by atoms with E-state index in [0.29, 0.717) is 0 Å². The van der Waals surface area contributed by atoms with Crippen LogP contribution in [0.5, 0.6) is 0 Å². The second-order valence-electron chi connectivity index (χ2n) is 6.32. The van der Waals surface area contributed by atoms with Gasteiger partial charge in [-0.25, -0.2) is 0 Å². The lowest BCUT2D eigenvalue weighted by atomic mass is 10.1. The number of benzene rings is 1. The van der Waals surface area contributed by atoms with Gasteiger partial charge in [-0.2, -0.15) is 0 Å². The molecule has 0 bridgehead atoms. The van der Waals surface area contributed by atoms with Crippen molar-refractivity contribution < 1.29 is 14.4 Å². The van der Waals surface area contributed by atoms with E-state index in [1.807, 2.05) is 32.9 Å². The van der Waals surface area contributed by atoms with Crippen molar-refractivity contribution in [1.82, 2.24) is 10.6 Å². The lowest BCUT2D eigenvalue weighted by Crippen LogP contribution is -2.55. The molecular formula is C17H24N4O3S. The van der Waals surface area contributed by atoms with Crippen LogP contribution in [0.4, 0.5) is 5.69 Å². The van der Waals surface area contributed by atoms with Crippen LogP contribution in [0.1, 0.15) is 29.5 Å². The molecule has 8 heteroatoms. The summed E-state index contributed by atoms with van der Waals surface area (Å²) in [5, 5.41) is 8.79. The Labute approximate surface area is 151 Å². The molecule has 1 fully saturated rings. The minimum atomic E-state index is -0.459. The van der Waals surface area contributed by atoms with Crippen LogP contribution >= 0.6 is 11.8 Å². The zero-order chi connectivity index (χ0) is 18.6. The Morgan fingerprint density at radius 3 is 2.52 bits per heavy atom. The van der Waals surface area contributed by atoms with Crippen molar-refractivity contribution in [3.8, 4) is 0 Å². The molecule has 0 radical (unpaired) electrons. The highest BCUT2D eigenvalue weighted by Gasteiger charge is 2.27. The molecule has 3 amide bonds. The van der Waals surface area contributed by atoms with Crippen molar-refractivity contribution in [1.29, 1.82) is 0 Å². The summed E-state index contributed by atoms with van der Waals surface area (Å²) < 4.78 is 0. The van der Waals surface area contributed by atoms with Crippen molar-refractivity contribution >= 4 is 35.2 Å². The molecule has 2 atom stereocenters. The van der Waals surface area contributed by atoms with Crippen molar-refractivity contribution in [2.75, 3.05) is 11.1 Å². The average molecular weight is 364 g/mol. The average Bonchev–Trinajstić information content (AvgIpc) is 2.47. The molecule has 1 aliphatic rings. The molecule has 136 valence electrons. The van der Waals surface area contributed by atoms with Crippen molar-refractivity contribution in [3.05, 3.63) is 28.8 Å². The minimum absolute atomic E-state index is 0.0957. The number of nitrogens with two attached hydrogens (primary N) is 1. The normalized spacial score (nSPS) is 20.0. The van der Waals surface area contributed by atoms with Gasteiger partial charge in [0, 0.05) is 24.6 Å². The zero-order valence-electron chi connectivity index (χ0n) is 14.6. The monoisotopic (exact) mass is 364 g/mol. The Balaban J connectivity index is 1.89. The van der Waals surface area contributed by atoms with Crippen LogP contribution in [0.15, 0.2) is 12.1 Å². The van der Waals surface area contributed by atoms with E-state index in [9.17, 15) is 14.4 Å². The van der Waals surface area contributed by atoms with E-state index in [0.717, 1.165) is 22.4 Å². The lowest BCUT2D eigenvalue weighted by Gasteiger charge is -2.30. The van der Waals surface area contributed by atoms with Gasteiger partial charge in [-0.1, -0.05) is 17.7 Å². The molecule has 0 saturated carbocycles. The summed E-state index contributed by atoms with van der Waals surface area (Å²) in [7, 11) is 0. The molecule has 7 nitrogen and oxygen atoms in total. The minimum Gasteiger partial charge on any atom is -0.370 e.